The minimum absolute atomic E-state index is 0.101. The van der Waals surface area contributed by atoms with Crippen LogP contribution in [-0.4, -0.2) is 48.3 Å². The van der Waals surface area contributed by atoms with Gasteiger partial charge in [-0.05, 0) is 31.5 Å². The molecule has 4 rings (SSSR count). The molecule has 2 aromatic heterocycles. The average molecular weight is 416 g/mol. The first-order valence-electron chi connectivity index (χ1n) is 9.08. The lowest BCUT2D eigenvalue weighted by Crippen LogP contribution is -2.39. The predicted octanol–water partition coefficient (Wildman–Crippen LogP) is 3.60. The summed E-state index contributed by atoms with van der Waals surface area (Å²) in [6.07, 6.45) is 1.49. The summed E-state index contributed by atoms with van der Waals surface area (Å²) in [6.45, 7) is 6.29. The van der Waals surface area contributed by atoms with Gasteiger partial charge >= 0.3 is 0 Å². The van der Waals surface area contributed by atoms with Crippen LogP contribution >= 0.6 is 23.1 Å². The third kappa shape index (κ3) is 4.05. The first kappa shape index (κ1) is 19.3. The maximum atomic E-state index is 12.8. The highest BCUT2D eigenvalue weighted by atomic mass is 32.2. The number of aryl methyl sites for hydroxylation is 2. The van der Waals surface area contributed by atoms with E-state index in [1.165, 1.54) is 22.2 Å². The quantitative estimate of drug-likeness (QED) is 0.642. The molecule has 1 amide bonds. The molecule has 0 aliphatic carbocycles. The van der Waals surface area contributed by atoms with Crippen molar-refractivity contribution in [2.75, 3.05) is 26.4 Å². The van der Waals surface area contributed by atoms with Crippen molar-refractivity contribution in [3.8, 4) is 0 Å². The van der Waals surface area contributed by atoms with Crippen LogP contribution in [0.15, 0.2) is 40.5 Å². The Morgan fingerprint density at radius 2 is 2.14 bits per heavy atom. The summed E-state index contributed by atoms with van der Waals surface area (Å²) >= 11 is 3.17. The maximum Gasteiger partial charge on any atom is 0.252 e. The summed E-state index contributed by atoms with van der Waals surface area (Å²) in [5.74, 6) is -0.124. The SMILES string of the molecule is Cc1sc2ncnc(Sc3ccccc3C(=O)NCC3COCCO3)c2c1C. The van der Waals surface area contributed by atoms with E-state index in [1.54, 1.807) is 17.7 Å². The number of benzene rings is 1. The van der Waals surface area contributed by atoms with Crippen LogP contribution in [0.25, 0.3) is 10.2 Å². The molecule has 28 heavy (non-hydrogen) atoms. The number of rotatable bonds is 5. The Kier molecular flexibility index (Phi) is 5.91. The summed E-state index contributed by atoms with van der Waals surface area (Å²) in [5.41, 5.74) is 1.82. The van der Waals surface area contributed by atoms with Gasteiger partial charge in [-0.1, -0.05) is 23.9 Å². The average Bonchev–Trinajstić information content (AvgIpc) is 3.02. The van der Waals surface area contributed by atoms with Crippen molar-refractivity contribution in [1.82, 2.24) is 15.3 Å². The predicted molar refractivity (Wildman–Crippen MR) is 110 cm³/mol. The normalized spacial score (nSPS) is 17.0. The molecule has 1 aromatic carbocycles. The lowest BCUT2D eigenvalue weighted by atomic mass is 10.2. The molecule has 0 saturated carbocycles. The van der Waals surface area contributed by atoms with Gasteiger partial charge in [0.2, 0.25) is 0 Å². The Labute approximate surface area is 171 Å². The van der Waals surface area contributed by atoms with E-state index in [1.807, 2.05) is 24.3 Å². The zero-order valence-electron chi connectivity index (χ0n) is 15.7. The van der Waals surface area contributed by atoms with Gasteiger partial charge in [-0.15, -0.1) is 11.3 Å². The Balaban J connectivity index is 1.56. The van der Waals surface area contributed by atoms with E-state index < -0.39 is 0 Å². The van der Waals surface area contributed by atoms with E-state index in [9.17, 15) is 4.79 Å². The number of fused-ring (bicyclic) bond motifs is 1. The van der Waals surface area contributed by atoms with Crippen molar-refractivity contribution in [3.63, 3.8) is 0 Å². The largest absolute Gasteiger partial charge is 0.376 e. The molecule has 3 aromatic rings. The molecule has 1 fully saturated rings. The Morgan fingerprint density at radius 3 is 2.96 bits per heavy atom. The van der Waals surface area contributed by atoms with Crippen LogP contribution < -0.4 is 5.32 Å². The molecule has 3 heterocycles. The van der Waals surface area contributed by atoms with Crippen molar-refractivity contribution >= 4 is 39.2 Å². The fraction of sp³-hybridized carbons (Fsp3) is 0.350. The van der Waals surface area contributed by atoms with Crippen molar-refractivity contribution in [1.29, 1.82) is 0 Å². The minimum Gasteiger partial charge on any atom is -0.376 e. The lowest BCUT2D eigenvalue weighted by Gasteiger charge is -2.23. The fourth-order valence-electron chi connectivity index (χ4n) is 3.03. The molecule has 146 valence electrons. The summed E-state index contributed by atoms with van der Waals surface area (Å²) in [4.78, 5) is 24.7. The van der Waals surface area contributed by atoms with E-state index in [0.29, 0.717) is 31.9 Å². The number of nitrogens with zero attached hydrogens (tertiary/aromatic N) is 2. The number of aromatic nitrogens is 2. The maximum absolute atomic E-state index is 12.8. The molecule has 6 nitrogen and oxygen atoms in total. The van der Waals surface area contributed by atoms with Crippen LogP contribution in [0.3, 0.4) is 0 Å². The van der Waals surface area contributed by atoms with Crippen LogP contribution in [-0.2, 0) is 9.47 Å². The molecule has 0 bridgehead atoms. The van der Waals surface area contributed by atoms with Crippen molar-refractivity contribution in [2.24, 2.45) is 0 Å². The van der Waals surface area contributed by atoms with Crippen molar-refractivity contribution in [2.45, 2.75) is 29.9 Å². The third-order valence-electron chi connectivity index (χ3n) is 4.64. The summed E-state index contributed by atoms with van der Waals surface area (Å²) in [7, 11) is 0. The second-order valence-electron chi connectivity index (χ2n) is 6.52. The number of carbonyl (C=O) groups is 1. The van der Waals surface area contributed by atoms with Crippen LogP contribution in [0, 0.1) is 13.8 Å². The topological polar surface area (TPSA) is 73.3 Å². The minimum atomic E-state index is -0.124. The zero-order valence-corrected chi connectivity index (χ0v) is 17.4. The van der Waals surface area contributed by atoms with Crippen LogP contribution in [0.4, 0.5) is 0 Å². The molecule has 1 aliphatic heterocycles. The highest BCUT2D eigenvalue weighted by Crippen LogP contribution is 2.38. The van der Waals surface area contributed by atoms with Crippen LogP contribution in [0.1, 0.15) is 20.8 Å². The zero-order chi connectivity index (χ0) is 19.5. The molecular weight excluding hydrogens is 394 g/mol. The second-order valence-corrected chi connectivity index (χ2v) is 8.75. The molecule has 1 aliphatic rings. The Bertz CT molecular complexity index is 1000. The fourth-order valence-corrected chi connectivity index (χ4v) is 5.17. The number of nitrogens with one attached hydrogen (secondary N) is 1. The van der Waals surface area contributed by atoms with Crippen LogP contribution in [0.2, 0.25) is 0 Å². The first-order chi connectivity index (χ1) is 13.6. The van der Waals surface area contributed by atoms with Crippen molar-refractivity contribution < 1.29 is 14.3 Å². The standard InChI is InChI=1S/C20H21N3O3S2/c1-12-13(2)27-19-17(12)20(23-11-22-19)28-16-6-4-3-5-15(16)18(24)21-9-14-10-25-7-8-26-14/h3-6,11,14H,7-10H2,1-2H3,(H,21,24). The van der Waals surface area contributed by atoms with E-state index >= 15 is 0 Å². The van der Waals surface area contributed by atoms with Gasteiger partial charge in [0.05, 0.1) is 31.5 Å². The second kappa shape index (κ2) is 8.57. The van der Waals surface area contributed by atoms with Gasteiger partial charge in [0.1, 0.15) is 16.2 Å². The lowest BCUT2D eigenvalue weighted by molar-refractivity contribution is -0.0855. The van der Waals surface area contributed by atoms with Gasteiger partial charge in [-0.2, -0.15) is 0 Å². The Hall–Kier alpha value is -2.00. The Morgan fingerprint density at radius 1 is 1.29 bits per heavy atom. The van der Waals surface area contributed by atoms with E-state index in [4.69, 9.17) is 9.47 Å². The molecule has 0 radical (unpaired) electrons. The molecular formula is C20H21N3O3S2. The summed E-state index contributed by atoms with van der Waals surface area (Å²) in [6, 6.07) is 7.58. The molecule has 8 heteroatoms. The monoisotopic (exact) mass is 415 g/mol. The number of carbonyl (C=O) groups excluding carboxylic acids is 1. The van der Waals surface area contributed by atoms with Crippen molar-refractivity contribution in [3.05, 3.63) is 46.6 Å². The molecule has 1 atom stereocenters. The third-order valence-corrected chi connectivity index (χ3v) is 6.84. The number of ether oxygens (including phenoxy) is 2. The van der Waals surface area contributed by atoms with Gasteiger partial charge in [0, 0.05) is 21.7 Å². The highest BCUT2D eigenvalue weighted by Gasteiger charge is 2.19. The highest BCUT2D eigenvalue weighted by molar-refractivity contribution is 7.99. The number of amides is 1. The molecule has 1 N–H and O–H groups in total. The number of hydrogen-bond donors (Lipinski definition) is 1. The van der Waals surface area contributed by atoms with Gasteiger partial charge in [0.25, 0.3) is 5.91 Å². The van der Waals surface area contributed by atoms with E-state index in [-0.39, 0.29) is 12.0 Å². The van der Waals surface area contributed by atoms with Gasteiger partial charge in [-0.25, -0.2) is 9.97 Å². The van der Waals surface area contributed by atoms with E-state index in [0.717, 1.165) is 20.1 Å². The van der Waals surface area contributed by atoms with Gasteiger partial charge < -0.3 is 14.8 Å². The smallest absolute Gasteiger partial charge is 0.252 e. The molecule has 1 saturated heterocycles. The number of hydrogen-bond acceptors (Lipinski definition) is 7. The summed E-state index contributed by atoms with van der Waals surface area (Å²) < 4.78 is 11.0. The number of thiophene rings is 1. The molecule has 0 spiro atoms. The molecule has 1 unspecified atom stereocenters. The van der Waals surface area contributed by atoms with E-state index in [2.05, 4.69) is 29.1 Å². The summed E-state index contributed by atoms with van der Waals surface area (Å²) in [5, 5.41) is 4.90. The van der Waals surface area contributed by atoms with Gasteiger partial charge in [0.15, 0.2) is 0 Å². The van der Waals surface area contributed by atoms with Crippen LogP contribution in [0.5, 0.6) is 0 Å². The van der Waals surface area contributed by atoms with Gasteiger partial charge in [-0.3, -0.25) is 4.79 Å². The first-order valence-corrected chi connectivity index (χ1v) is 10.7.